The van der Waals surface area contributed by atoms with E-state index in [1.165, 1.54) is 0 Å². The number of amides is 1. The number of anilines is 1. The van der Waals surface area contributed by atoms with Gasteiger partial charge in [-0.05, 0) is 32.1 Å². The van der Waals surface area contributed by atoms with Crippen LogP contribution in [0.5, 0.6) is 0 Å². The number of nitrogens with two attached hydrogens (primary N) is 1. The summed E-state index contributed by atoms with van der Waals surface area (Å²) in [5.41, 5.74) is 7.10. The SMILES string of the molecule is CCN(C(=O)/C=C/c1cnc(C)s1)c1cc(-c2cn(CCN)nn2)ccn1. The molecule has 0 fully saturated rings. The van der Waals surface area contributed by atoms with Gasteiger partial charge in [0.25, 0.3) is 5.91 Å². The Balaban J connectivity index is 1.80. The summed E-state index contributed by atoms with van der Waals surface area (Å²) in [5.74, 6) is 0.429. The van der Waals surface area contributed by atoms with Gasteiger partial charge in [-0.25, -0.2) is 9.97 Å². The van der Waals surface area contributed by atoms with E-state index in [0.29, 0.717) is 31.1 Å². The lowest BCUT2D eigenvalue weighted by Gasteiger charge is -2.18. The summed E-state index contributed by atoms with van der Waals surface area (Å²) in [6.07, 6.45) is 8.57. The molecule has 0 spiro atoms. The van der Waals surface area contributed by atoms with Crippen molar-refractivity contribution in [3.8, 4) is 11.3 Å². The minimum atomic E-state index is -0.139. The molecule has 0 atom stereocenters. The maximum atomic E-state index is 12.6. The molecule has 0 aliphatic rings. The van der Waals surface area contributed by atoms with Crippen LogP contribution in [0.25, 0.3) is 17.3 Å². The molecule has 0 bridgehead atoms. The Morgan fingerprint density at radius 1 is 1.41 bits per heavy atom. The lowest BCUT2D eigenvalue weighted by atomic mass is 10.2. The average Bonchev–Trinajstić information content (AvgIpc) is 3.30. The van der Waals surface area contributed by atoms with Crippen molar-refractivity contribution in [3.05, 3.63) is 46.7 Å². The molecule has 2 N–H and O–H groups in total. The first-order valence-electron chi connectivity index (χ1n) is 8.59. The van der Waals surface area contributed by atoms with E-state index in [1.54, 1.807) is 45.5 Å². The standard InChI is InChI=1S/C18H21N7OS/c1-3-25(18(26)5-4-15-11-21-13(2)27-15)17-10-14(6-8-20-17)16-12-24(9-7-19)23-22-16/h4-6,8,10-12H,3,7,9,19H2,1-2H3/b5-4+. The van der Waals surface area contributed by atoms with Crippen LogP contribution >= 0.6 is 11.3 Å². The summed E-state index contributed by atoms with van der Waals surface area (Å²) in [5, 5.41) is 9.17. The molecule has 0 saturated carbocycles. The molecule has 140 valence electrons. The van der Waals surface area contributed by atoms with E-state index in [1.807, 2.05) is 32.2 Å². The molecule has 1 amide bonds. The van der Waals surface area contributed by atoms with Crippen molar-refractivity contribution in [2.45, 2.75) is 20.4 Å². The van der Waals surface area contributed by atoms with Crippen LogP contribution in [0, 0.1) is 6.92 Å². The van der Waals surface area contributed by atoms with Crippen LogP contribution in [-0.4, -0.2) is 44.0 Å². The molecule has 0 radical (unpaired) electrons. The Morgan fingerprint density at radius 2 is 2.26 bits per heavy atom. The first kappa shape index (κ1) is 18.9. The highest BCUT2D eigenvalue weighted by Crippen LogP contribution is 2.21. The third kappa shape index (κ3) is 4.63. The second-order valence-corrected chi connectivity index (χ2v) is 7.02. The summed E-state index contributed by atoms with van der Waals surface area (Å²) >= 11 is 1.54. The van der Waals surface area contributed by atoms with Gasteiger partial charge in [-0.1, -0.05) is 5.21 Å². The molecule has 3 rings (SSSR count). The number of aromatic nitrogens is 5. The minimum absolute atomic E-state index is 0.139. The molecule has 27 heavy (non-hydrogen) atoms. The zero-order valence-corrected chi connectivity index (χ0v) is 16.1. The summed E-state index contributed by atoms with van der Waals surface area (Å²) in [6.45, 7) is 5.44. The molecule has 8 nitrogen and oxygen atoms in total. The maximum absolute atomic E-state index is 12.6. The van der Waals surface area contributed by atoms with E-state index >= 15 is 0 Å². The first-order valence-corrected chi connectivity index (χ1v) is 9.41. The van der Waals surface area contributed by atoms with Crippen molar-refractivity contribution in [2.75, 3.05) is 18.0 Å². The number of aryl methyl sites for hydroxylation is 1. The number of nitrogens with zero attached hydrogens (tertiary/aromatic N) is 6. The van der Waals surface area contributed by atoms with E-state index < -0.39 is 0 Å². The molecule has 3 heterocycles. The number of rotatable bonds is 7. The minimum Gasteiger partial charge on any atom is -0.329 e. The second kappa shape index (κ2) is 8.65. The fourth-order valence-corrected chi connectivity index (χ4v) is 3.21. The van der Waals surface area contributed by atoms with Crippen LogP contribution < -0.4 is 10.6 Å². The molecule has 0 unspecified atom stereocenters. The van der Waals surface area contributed by atoms with Crippen molar-refractivity contribution in [1.82, 2.24) is 25.0 Å². The van der Waals surface area contributed by atoms with Crippen LogP contribution in [0.1, 0.15) is 16.8 Å². The molecule has 3 aromatic rings. The van der Waals surface area contributed by atoms with Gasteiger partial charge in [0, 0.05) is 42.0 Å². The zero-order chi connectivity index (χ0) is 19.2. The van der Waals surface area contributed by atoms with Crippen LogP contribution in [0.4, 0.5) is 5.82 Å². The number of hydrogen-bond donors (Lipinski definition) is 1. The Morgan fingerprint density at radius 3 is 2.96 bits per heavy atom. The highest BCUT2D eigenvalue weighted by molar-refractivity contribution is 7.12. The molecule has 0 saturated heterocycles. The van der Waals surface area contributed by atoms with Gasteiger partial charge in [0.15, 0.2) is 0 Å². The van der Waals surface area contributed by atoms with Crippen LogP contribution in [0.3, 0.4) is 0 Å². The number of thiazole rings is 1. The molecule has 3 aromatic heterocycles. The number of carbonyl (C=O) groups is 1. The van der Waals surface area contributed by atoms with Crippen LogP contribution in [0.15, 0.2) is 36.8 Å². The highest BCUT2D eigenvalue weighted by atomic mass is 32.1. The van der Waals surface area contributed by atoms with Gasteiger partial charge in [0.2, 0.25) is 0 Å². The van der Waals surface area contributed by atoms with Crippen LogP contribution in [0.2, 0.25) is 0 Å². The predicted octanol–water partition coefficient (Wildman–Crippen LogP) is 2.13. The largest absolute Gasteiger partial charge is 0.329 e. The van der Waals surface area contributed by atoms with E-state index in [-0.39, 0.29) is 5.91 Å². The number of hydrogen-bond acceptors (Lipinski definition) is 7. The lowest BCUT2D eigenvalue weighted by Crippen LogP contribution is -2.29. The third-order valence-electron chi connectivity index (χ3n) is 3.83. The zero-order valence-electron chi connectivity index (χ0n) is 15.2. The van der Waals surface area contributed by atoms with Crippen molar-refractivity contribution in [3.63, 3.8) is 0 Å². The van der Waals surface area contributed by atoms with E-state index in [4.69, 9.17) is 5.73 Å². The van der Waals surface area contributed by atoms with Crippen molar-refractivity contribution >= 4 is 29.1 Å². The van der Waals surface area contributed by atoms with Crippen molar-refractivity contribution in [2.24, 2.45) is 5.73 Å². The second-order valence-electron chi connectivity index (χ2n) is 5.76. The number of carbonyl (C=O) groups excluding carboxylic acids is 1. The van der Waals surface area contributed by atoms with Crippen molar-refractivity contribution < 1.29 is 4.79 Å². The predicted molar refractivity (Wildman–Crippen MR) is 106 cm³/mol. The number of likely N-dealkylation sites (N-methyl/N-ethyl adjacent to an activating group) is 1. The van der Waals surface area contributed by atoms with Gasteiger partial charge >= 0.3 is 0 Å². The van der Waals surface area contributed by atoms with Gasteiger partial charge in [0.05, 0.1) is 17.7 Å². The molecule has 0 aliphatic carbocycles. The van der Waals surface area contributed by atoms with Crippen molar-refractivity contribution in [1.29, 1.82) is 0 Å². The van der Waals surface area contributed by atoms with Gasteiger partial charge in [-0.2, -0.15) is 0 Å². The molecular formula is C18H21N7OS. The van der Waals surface area contributed by atoms with Gasteiger partial charge in [0.1, 0.15) is 11.5 Å². The fraction of sp³-hybridized carbons (Fsp3) is 0.278. The van der Waals surface area contributed by atoms with Gasteiger partial charge in [-0.15, -0.1) is 16.4 Å². The summed E-state index contributed by atoms with van der Waals surface area (Å²) in [7, 11) is 0. The first-order chi connectivity index (χ1) is 13.1. The molecule has 0 aromatic carbocycles. The summed E-state index contributed by atoms with van der Waals surface area (Å²) in [6, 6.07) is 3.68. The smallest absolute Gasteiger partial charge is 0.252 e. The van der Waals surface area contributed by atoms with Crippen LogP contribution in [-0.2, 0) is 11.3 Å². The number of pyridine rings is 1. The highest BCUT2D eigenvalue weighted by Gasteiger charge is 2.14. The normalized spacial score (nSPS) is 11.2. The maximum Gasteiger partial charge on any atom is 0.252 e. The lowest BCUT2D eigenvalue weighted by molar-refractivity contribution is -0.114. The molecule has 9 heteroatoms. The summed E-state index contributed by atoms with van der Waals surface area (Å²) in [4.78, 5) is 23.7. The Hall–Kier alpha value is -2.91. The van der Waals surface area contributed by atoms with Gasteiger partial charge < -0.3 is 5.73 Å². The summed E-state index contributed by atoms with van der Waals surface area (Å²) < 4.78 is 1.69. The van der Waals surface area contributed by atoms with E-state index in [9.17, 15) is 4.79 Å². The average molecular weight is 383 g/mol. The Labute approximate surface area is 161 Å². The monoisotopic (exact) mass is 383 g/mol. The molecule has 0 aliphatic heterocycles. The third-order valence-corrected chi connectivity index (χ3v) is 4.70. The Kier molecular flexibility index (Phi) is 6.05. The van der Waals surface area contributed by atoms with E-state index in [2.05, 4.69) is 20.3 Å². The fourth-order valence-electron chi connectivity index (χ4n) is 2.53. The van der Waals surface area contributed by atoms with E-state index in [0.717, 1.165) is 15.4 Å². The molecular weight excluding hydrogens is 362 g/mol. The topological polar surface area (TPSA) is 103 Å². The Bertz CT molecular complexity index is 947. The quantitative estimate of drug-likeness (QED) is 0.627. The van der Waals surface area contributed by atoms with Gasteiger partial charge in [-0.3, -0.25) is 14.4 Å².